The number of carbonyl (C=O) groups is 1. The molecule has 0 fully saturated rings. The first kappa shape index (κ1) is 16.4. The number of nitro benzene ring substituents is 1. The van der Waals surface area contributed by atoms with E-state index in [0.717, 1.165) is 6.07 Å². The maximum absolute atomic E-state index is 12.3. The van der Waals surface area contributed by atoms with Crippen LogP contribution in [0.15, 0.2) is 44.8 Å². The highest BCUT2D eigenvalue weighted by Crippen LogP contribution is 2.25. The average molecular weight is 473 g/mol. The maximum Gasteiger partial charge on any atom is 0.270 e. The Labute approximate surface area is 146 Å². The predicted molar refractivity (Wildman–Crippen MR) is 90.1 cm³/mol. The first-order valence-electron chi connectivity index (χ1n) is 5.78. The summed E-state index contributed by atoms with van der Waals surface area (Å²) >= 11 is 5.22. The van der Waals surface area contributed by atoms with E-state index in [1.807, 2.05) is 22.6 Å². The van der Waals surface area contributed by atoms with Crippen LogP contribution >= 0.6 is 38.5 Å². The van der Waals surface area contributed by atoms with E-state index in [2.05, 4.69) is 15.9 Å². The van der Waals surface area contributed by atoms with Crippen LogP contribution in [0.25, 0.3) is 6.08 Å². The first-order valence-corrected chi connectivity index (χ1v) is 7.65. The van der Waals surface area contributed by atoms with E-state index >= 15 is 0 Å². The Bertz CT molecular complexity index is 816. The van der Waals surface area contributed by atoms with Crippen LogP contribution in [0.1, 0.15) is 16.1 Å². The van der Waals surface area contributed by atoms with E-state index in [9.17, 15) is 14.9 Å². The summed E-state index contributed by atoms with van der Waals surface area (Å²) in [6.45, 7) is 0. The Morgan fingerprint density at radius 1 is 1.45 bits per heavy atom. The molecule has 6 nitrogen and oxygen atoms in total. The molecule has 0 aliphatic rings. The Balaban J connectivity index is 2.39. The number of nitriles is 1. The highest BCUT2D eigenvalue weighted by atomic mass is 127. The number of Topliss-reactive ketones (excluding diaryl/α,β-unsaturated/α-hetero) is 1. The van der Waals surface area contributed by atoms with Crippen LogP contribution in [0.5, 0.6) is 0 Å². The maximum atomic E-state index is 12.3. The quantitative estimate of drug-likeness (QED) is 0.164. The van der Waals surface area contributed by atoms with E-state index in [4.69, 9.17) is 9.68 Å². The lowest BCUT2D eigenvalue weighted by atomic mass is 10.0. The van der Waals surface area contributed by atoms with Crippen LogP contribution < -0.4 is 0 Å². The third-order valence-electron chi connectivity index (χ3n) is 2.64. The van der Waals surface area contributed by atoms with Crippen LogP contribution in [-0.2, 0) is 0 Å². The molecule has 0 aliphatic heterocycles. The number of halogens is 2. The van der Waals surface area contributed by atoms with Crippen molar-refractivity contribution in [2.24, 2.45) is 0 Å². The lowest BCUT2D eigenvalue weighted by Crippen LogP contribution is -2.02. The summed E-state index contributed by atoms with van der Waals surface area (Å²) in [4.78, 5) is 22.4. The molecule has 0 amide bonds. The molecule has 8 heteroatoms. The Morgan fingerprint density at radius 3 is 2.73 bits per heavy atom. The number of benzene rings is 1. The van der Waals surface area contributed by atoms with Gasteiger partial charge in [0.05, 0.1) is 9.40 Å². The van der Waals surface area contributed by atoms with Crippen molar-refractivity contribution in [2.45, 2.75) is 0 Å². The molecule has 1 heterocycles. The van der Waals surface area contributed by atoms with Crippen molar-refractivity contribution in [3.05, 3.63) is 65.6 Å². The van der Waals surface area contributed by atoms with Crippen molar-refractivity contribution in [1.29, 1.82) is 5.26 Å². The summed E-state index contributed by atoms with van der Waals surface area (Å²) in [7, 11) is 0. The molecule has 0 radical (unpaired) electrons. The third kappa shape index (κ3) is 3.61. The molecule has 2 aromatic rings. The number of nitro groups is 1. The van der Waals surface area contributed by atoms with Crippen LogP contribution in [0, 0.1) is 25.2 Å². The van der Waals surface area contributed by atoms with Gasteiger partial charge in [-0.1, -0.05) is 12.1 Å². The minimum atomic E-state index is -0.603. The summed E-state index contributed by atoms with van der Waals surface area (Å²) in [5.74, 6) is -0.264. The van der Waals surface area contributed by atoms with Gasteiger partial charge in [0, 0.05) is 46.4 Å². The lowest BCUT2D eigenvalue weighted by molar-refractivity contribution is -0.384. The van der Waals surface area contributed by atoms with E-state index in [1.54, 1.807) is 12.1 Å². The lowest BCUT2D eigenvalue weighted by Gasteiger charge is -1.99. The molecule has 0 unspecified atom stereocenters. The molecule has 1 aromatic heterocycles. The van der Waals surface area contributed by atoms with Gasteiger partial charge < -0.3 is 4.42 Å². The van der Waals surface area contributed by atoms with Gasteiger partial charge in [0.25, 0.3) is 5.69 Å². The van der Waals surface area contributed by atoms with E-state index in [1.165, 1.54) is 24.3 Å². The zero-order chi connectivity index (χ0) is 16.3. The van der Waals surface area contributed by atoms with Gasteiger partial charge in [-0.3, -0.25) is 14.9 Å². The Kier molecular flexibility index (Phi) is 5.10. The number of nitrogens with zero attached hydrogens (tertiary/aromatic N) is 2. The fourth-order valence-corrected chi connectivity index (χ4v) is 2.36. The Hall–Kier alpha value is -1.99. The SMILES string of the molecule is N#C/C(=C\c1cc(Br)c(I)o1)C(=O)c1cccc([N+](=O)[O-])c1. The van der Waals surface area contributed by atoms with Crippen molar-refractivity contribution in [3.63, 3.8) is 0 Å². The second-order valence-corrected chi connectivity index (χ2v) is 5.91. The minimum Gasteiger partial charge on any atom is -0.450 e. The van der Waals surface area contributed by atoms with Crippen molar-refractivity contribution < 1.29 is 14.1 Å². The summed E-state index contributed by atoms with van der Waals surface area (Å²) < 4.78 is 6.64. The van der Waals surface area contributed by atoms with E-state index < -0.39 is 10.7 Å². The van der Waals surface area contributed by atoms with E-state index in [-0.39, 0.29) is 16.8 Å². The highest BCUT2D eigenvalue weighted by molar-refractivity contribution is 14.1. The molecule has 0 N–H and O–H groups in total. The number of hydrogen-bond donors (Lipinski definition) is 0. The second kappa shape index (κ2) is 6.85. The van der Waals surface area contributed by atoms with Crippen LogP contribution in [-0.4, -0.2) is 10.7 Å². The fourth-order valence-electron chi connectivity index (χ4n) is 1.64. The molecule has 0 saturated carbocycles. The number of rotatable bonds is 4. The minimum absolute atomic E-state index is 0.0716. The largest absolute Gasteiger partial charge is 0.450 e. The van der Waals surface area contributed by atoms with Crippen molar-refractivity contribution in [1.82, 2.24) is 0 Å². The number of ketones is 1. The summed E-state index contributed by atoms with van der Waals surface area (Å²) in [6, 6.07) is 8.64. The van der Waals surface area contributed by atoms with Gasteiger partial charge in [-0.25, -0.2) is 0 Å². The standard InChI is InChI=1S/C14H6BrIN2O4/c15-12-6-11(22-14(12)16)5-9(7-17)13(19)8-2-1-3-10(4-8)18(20)21/h1-6H/b9-5+. The highest BCUT2D eigenvalue weighted by Gasteiger charge is 2.16. The molecular weight excluding hydrogens is 467 g/mol. The van der Waals surface area contributed by atoms with Crippen molar-refractivity contribution >= 4 is 56.1 Å². The zero-order valence-corrected chi connectivity index (χ0v) is 14.5. The normalized spacial score (nSPS) is 11.0. The van der Waals surface area contributed by atoms with Gasteiger partial charge in [0.2, 0.25) is 5.78 Å². The third-order valence-corrected chi connectivity index (χ3v) is 4.77. The van der Waals surface area contributed by atoms with Gasteiger partial charge in [0.15, 0.2) is 3.77 Å². The molecule has 0 spiro atoms. The molecule has 1 aromatic carbocycles. The predicted octanol–water partition coefficient (Wildman–Crippen LogP) is 4.34. The number of non-ortho nitro benzene ring substituents is 1. The molecule has 2 rings (SSSR count). The van der Waals surface area contributed by atoms with Gasteiger partial charge in [-0.15, -0.1) is 0 Å². The molecule has 110 valence electrons. The van der Waals surface area contributed by atoms with Crippen molar-refractivity contribution in [3.8, 4) is 6.07 Å². The number of carbonyl (C=O) groups excluding carboxylic acids is 1. The second-order valence-electron chi connectivity index (χ2n) is 4.08. The Morgan fingerprint density at radius 2 is 2.18 bits per heavy atom. The van der Waals surface area contributed by atoms with Crippen molar-refractivity contribution in [2.75, 3.05) is 0 Å². The summed E-state index contributed by atoms with van der Waals surface area (Å²) in [5, 5.41) is 19.9. The number of hydrogen-bond acceptors (Lipinski definition) is 5. The van der Waals surface area contributed by atoms with Gasteiger partial charge in [-0.2, -0.15) is 5.26 Å². The topological polar surface area (TPSA) is 97.1 Å². The average Bonchev–Trinajstić information content (AvgIpc) is 2.82. The fraction of sp³-hybridized carbons (Fsp3) is 0. The molecule has 0 atom stereocenters. The molecule has 22 heavy (non-hydrogen) atoms. The van der Waals surface area contributed by atoms with Crippen LogP contribution in [0.3, 0.4) is 0 Å². The molecular formula is C14H6BrIN2O4. The molecule has 0 aliphatic carbocycles. The molecule has 0 saturated heterocycles. The van der Waals surface area contributed by atoms with Gasteiger partial charge in [-0.05, 0) is 22.0 Å². The van der Waals surface area contributed by atoms with E-state index in [0.29, 0.717) is 14.0 Å². The molecule has 0 bridgehead atoms. The number of furan rings is 1. The summed E-state index contributed by atoms with van der Waals surface area (Å²) in [6.07, 6.45) is 1.30. The zero-order valence-electron chi connectivity index (χ0n) is 10.7. The van der Waals surface area contributed by atoms with Crippen LogP contribution in [0.4, 0.5) is 5.69 Å². The summed E-state index contributed by atoms with van der Waals surface area (Å²) in [5.41, 5.74) is -0.307. The monoisotopic (exact) mass is 472 g/mol. The smallest absolute Gasteiger partial charge is 0.270 e. The van der Waals surface area contributed by atoms with Gasteiger partial charge in [0.1, 0.15) is 17.4 Å². The van der Waals surface area contributed by atoms with Gasteiger partial charge >= 0.3 is 0 Å². The van der Waals surface area contributed by atoms with Crippen LogP contribution in [0.2, 0.25) is 0 Å². The number of allylic oxidation sites excluding steroid dienone is 1. The first-order chi connectivity index (χ1) is 10.4.